The molecule has 1 amide bonds. The zero-order valence-corrected chi connectivity index (χ0v) is 6.32. The summed E-state index contributed by atoms with van der Waals surface area (Å²) in [6.45, 7) is 1.15. The van der Waals surface area contributed by atoms with Gasteiger partial charge in [-0.05, 0) is 0 Å². The number of carbonyl (C=O) groups is 2. The van der Waals surface area contributed by atoms with Crippen molar-refractivity contribution in [2.75, 3.05) is 0 Å². The third-order valence-corrected chi connectivity index (χ3v) is 0.714. The van der Waals surface area contributed by atoms with Crippen molar-refractivity contribution in [2.24, 2.45) is 3.34 Å². The van der Waals surface area contributed by atoms with Crippen LogP contribution in [-0.4, -0.2) is 12.1 Å². The molecule has 5 heteroatoms. The van der Waals surface area contributed by atoms with Crippen LogP contribution in [0.2, 0.25) is 0 Å². The van der Waals surface area contributed by atoms with E-state index in [2.05, 4.69) is 8.08 Å². The van der Waals surface area contributed by atoms with Gasteiger partial charge in [0.05, 0.1) is 0 Å². The number of hydrogen-bond acceptors (Lipinski definition) is 3. The quantitative estimate of drug-likeness (QED) is 0.318. The number of hydrogen-bond donors (Lipinski definition) is 0. The first-order valence-electron chi connectivity index (χ1n) is 1.74. The van der Waals surface area contributed by atoms with E-state index in [-0.39, 0.29) is 0 Å². The molecule has 0 N–H and O–H groups in total. The normalized spacial score (nSPS) is 7.50. The average molecular weight is 194 g/mol. The first kappa shape index (κ1) is 7.68. The van der Waals surface area contributed by atoms with Gasteiger partial charge in [0, 0.05) is 0 Å². The molecule has 0 saturated carbocycles. The van der Waals surface area contributed by atoms with Gasteiger partial charge in [0.15, 0.2) is 0 Å². The van der Waals surface area contributed by atoms with Crippen molar-refractivity contribution in [1.29, 1.82) is 0 Å². The molecule has 4 nitrogen and oxygen atoms in total. The third kappa shape index (κ3) is 3.86. The van der Waals surface area contributed by atoms with E-state index in [0.717, 1.165) is 27.8 Å². The van der Waals surface area contributed by atoms with Crippen molar-refractivity contribution in [2.45, 2.75) is 6.92 Å². The van der Waals surface area contributed by atoms with E-state index < -0.39 is 12.1 Å². The van der Waals surface area contributed by atoms with E-state index in [0.29, 0.717) is 0 Å². The van der Waals surface area contributed by atoms with Crippen LogP contribution in [0.4, 0.5) is 4.79 Å². The number of rotatable bonds is 0. The van der Waals surface area contributed by atoms with Gasteiger partial charge in [-0.25, -0.2) is 0 Å². The monoisotopic (exact) mass is 194 g/mol. The van der Waals surface area contributed by atoms with Gasteiger partial charge in [-0.15, -0.1) is 0 Å². The van der Waals surface area contributed by atoms with Crippen molar-refractivity contribution in [1.82, 2.24) is 0 Å². The van der Waals surface area contributed by atoms with Crippen LogP contribution in [0.25, 0.3) is 0 Å². The molecule has 0 aliphatic carbocycles. The Bertz CT molecular complexity index is 132. The minimum absolute atomic E-state index is 0.630. The fraction of sp³-hybridized carbons (Fsp3) is 0.333. The molecule has 43 valence electrons. The fourth-order valence-electron chi connectivity index (χ4n) is 0.143. The summed E-state index contributed by atoms with van der Waals surface area (Å²) in [4.78, 5) is 19.9. The second-order valence-corrected chi connectivity index (χ2v) is 1.45. The minimum atomic E-state index is -0.827. The predicted molar refractivity (Wildman–Crippen MR) is 19.6 cm³/mol. The first-order chi connectivity index (χ1) is 3.66. The molecule has 0 bridgehead atoms. The molecule has 0 aromatic rings. The first-order valence-corrected chi connectivity index (χ1v) is 2.72. The molecule has 0 spiro atoms. The van der Waals surface area contributed by atoms with Gasteiger partial charge in [-0.1, -0.05) is 0 Å². The van der Waals surface area contributed by atoms with Crippen LogP contribution >= 0.6 is 0 Å². The average Bonchev–Trinajstić information content (AvgIpc) is 1.65. The second-order valence-electron chi connectivity index (χ2n) is 0.960. The molecule has 0 unspecified atom stereocenters. The van der Waals surface area contributed by atoms with E-state index in [1.54, 1.807) is 0 Å². The Morgan fingerprint density at radius 2 is 2.12 bits per heavy atom. The van der Waals surface area contributed by atoms with Gasteiger partial charge in [-0.3, -0.25) is 0 Å². The zero-order valence-electron chi connectivity index (χ0n) is 4.12. The second kappa shape index (κ2) is 3.65. The summed E-state index contributed by atoms with van der Waals surface area (Å²) in [5.74, 6) is -0.630. The molecule has 0 rings (SSSR count). The zero-order chi connectivity index (χ0) is 6.57. The molecule has 0 aliphatic heterocycles. The fourth-order valence-corrected chi connectivity index (χ4v) is 0.244. The maximum atomic E-state index is 10.0. The van der Waals surface area contributed by atoms with Crippen molar-refractivity contribution < 1.29 is 35.2 Å². The Balaban J connectivity index is 3.55. The van der Waals surface area contributed by atoms with E-state index in [1.807, 2.05) is 0 Å². The molecule has 0 saturated heterocycles. The number of carbonyl (C=O) groups excluding carboxylic acids is 2. The van der Waals surface area contributed by atoms with E-state index in [9.17, 15) is 9.59 Å². The molecule has 0 aliphatic rings. The van der Waals surface area contributed by atoms with E-state index in [4.69, 9.17) is 0 Å². The molecule has 8 heavy (non-hydrogen) atoms. The van der Waals surface area contributed by atoms with Crippen LogP contribution in [0.1, 0.15) is 6.92 Å². The van der Waals surface area contributed by atoms with Crippen LogP contribution in [0.5, 0.6) is 0 Å². The van der Waals surface area contributed by atoms with Crippen LogP contribution in [0, 0.1) is 0 Å². The molecule has 0 atom stereocenters. The van der Waals surface area contributed by atoms with Gasteiger partial charge in [0.25, 0.3) is 0 Å². The topological polar surface area (TPSA) is 55.7 Å². The van der Waals surface area contributed by atoms with Crippen LogP contribution < -0.4 is 0 Å². The summed E-state index contributed by atoms with van der Waals surface area (Å²) in [6.07, 6.45) is -0.827. The number of nitrogens with zero attached hydrogens (tertiary/aromatic N) is 1. The standard InChI is InChI=1S/C3H3NO3.Nb/c1-2(5)7-3(4)6;/h1H3;. The van der Waals surface area contributed by atoms with Crippen molar-refractivity contribution in [3.63, 3.8) is 0 Å². The molecular weight excluding hydrogens is 191 g/mol. The molecule has 0 heterocycles. The molecule has 0 aromatic heterocycles. The number of esters is 1. The Kier molecular flexibility index (Phi) is 3.51. The summed E-state index contributed by atoms with van der Waals surface area (Å²) < 4.78 is 7.06. The molecule has 0 aromatic carbocycles. The van der Waals surface area contributed by atoms with Crippen LogP contribution in [0.15, 0.2) is 3.34 Å². The van der Waals surface area contributed by atoms with Crippen molar-refractivity contribution >= 4 is 12.1 Å². The number of ether oxygens (including phenoxy) is 1. The summed E-state index contributed by atoms with van der Waals surface area (Å²) >= 11 is 0.939. The predicted octanol–water partition coefficient (Wildman–Crippen LogP) is 0.400. The molecular formula is C3H3NNbO3. The molecule has 0 fully saturated rings. The van der Waals surface area contributed by atoms with Gasteiger partial charge in [-0.2, -0.15) is 0 Å². The molecule has 0 radical (unpaired) electrons. The van der Waals surface area contributed by atoms with Gasteiger partial charge in [0.1, 0.15) is 0 Å². The van der Waals surface area contributed by atoms with E-state index >= 15 is 0 Å². The van der Waals surface area contributed by atoms with Crippen molar-refractivity contribution in [3.8, 4) is 0 Å². The van der Waals surface area contributed by atoms with E-state index in [1.165, 1.54) is 0 Å². The maximum absolute atomic E-state index is 10.0. The third-order valence-electron chi connectivity index (χ3n) is 0.313. The van der Waals surface area contributed by atoms with Gasteiger partial charge < -0.3 is 0 Å². The Morgan fingerprint density at radius 1 is 1.62 bits per heavy atom. The SMILES string of the molecule is CC(=O)OC(=O)[N]=[Nb]. The summed E-state index contributed by atoms with van der Waals surface area (Å²) in [6, 6.07) is 0. The Labute approximate surface area is 58.0 Å². The van der Waals surface area contributed by atoms with Gasteiger partial charge in [0.2, 0.25) is 0 Å². The number of amides is 1. The summed E-state index contributed by atoms with van der Waals surface area (Å²) in [5.41, 5.74) is 0. The Morgan fingerprint density at radius 3 is 2.25 bits per heavy atom. The summed E-state index contributed by atoms with van der Waals surface area (Å²) in [7, 11) is 0. The van der Waals surface area contributed by atoms with Crippen molar-refractivity contribution in [3.05, 3.63) is 0 Å². The van der Waals surface area contributed by atoms with Crippen LogP contribution in [0.3, 0.4) is 0 Å². The Hall–Kier alpha value is -0.320. The van der Waals surface area contributed by atoms with Gasteiger partial charge >= 0.3 is 57.5 Å². The van der Waals surface area contributed by atoms with Crippen LogP contribution in [-0.2, 0) is 30.4 Å². The summed E-state index contributed by atoms with van der Waals surface area (Å²) in [5, 5.41) is 0.